The quantitative estimate of drug-likeness (QED) is 0.551. The molecule has 0 atom stereocenters. The van der Waals surface area contributed by atoms with Crippen molar-refractivity contribution in [3.8, 4) is 17.2 Å². The molecule has 0 radical (unpaired) electrons. The monoisotopic (exact) mass is 386 g/mol. The molecular formula is C20H19ClN2O4. The molecule has 1 heterocycles. The van der Waals surface area contributed by atoms with Gasteiger partial charge in [0.25, 0.3) is 5.89 Å². The van der Waals surface area contributed by atoms with Gasteiger partial charge in [0.15, 0.2) is 13.2 Å². The van der Waals surface area contributed by atoms with Crippen molar-refractivity contribution in [1.29, 1.82) is 0 Å². The summed E-state index contributed by atoms with van der Waals surface area (Å²) in [5.74, 6) is 0.990. The normalized spacial score (nSPS) is 10.8. The van der Waals surface area contributed by atoms with Crippen LogP contribution in [-0.2, 0) is 16.1 Å². The van der Waals surface area contributed by atoms with Gasteiger partial charge in [-0.1, -0.05) is 43.6 Å². The van der Waals surface area contributed by atoms with Crippen molar-refractivity contribution >= 4 is 17.6 Å². The molecule has 0 unspecified atom stereocenters. The number of rotatable bonds is 7. The SMILES string of the molecule is CC(C)c1ccccc1OCC(=O)OCc1nnc(-c2ccc(Cl)cc2)o1. The fourth-order valence-electron chi connectivity index (χ4n) is 2.43. The Morgan fingerprint density at radius 2 is 1.85 bits per heavy atom. The maximum atomic E-state index is 11.9. The predicted octanol–water partition coefficient (Wildman–Crippen LogP) is 4.64. The molecule has 0 bridgehead atoms. The number of esters is 1. The molecule has 0 aliphatic heterocycles. The van der Waals surface area contributed by atoms with Gasteiger partial charge in [0, 0.05) is 10.6 Å². The molecule has 0 N–H and O–H groups in total. The van der Waals surface area contributed by atoms with Crippen LogP contribution in [-0.4, -0.2) is 22.8 Å². The molecular weight excluding hydrogens is 368 g/mol. The number of aromatic nitrogens is 2. The van der Waals surface area contributed by atoms with Gasteiger partial charge < -0.3 is 13.9 Å². The number of nitrogens with zero attached hydrogens (tertiary/aromatic N) is 2. The van der Waals surface area contributed by atoms with Gasteiger partial charge in [-0.2, -0.15) is 0 Å². The minimum atomic E-state index is -0.514. The molecule has 0 amide bonds. The summed E-state index contributed by atoms with van der Waals surface area (Å²) in [7, 11) is 0. The molecule has 6 nitrogen and oxygen atoms in total. The van der Waals surface area contributed by atoms with E-state index >= 15 is 0 Å². The van der Waals surface area contributed by atoms with Crippen molar-refractivity contribution in [1.82, 2.24) is 10.2 Å². The molecule has 0 aliphatic rings. The van der Waals surface area contributed by atoms with Crippen LogP contribution in [0.2, 0.25) is 5.02 Å². The first-order valence-corrected chi connectivity index (χ1v) is 8.86. The summed E-state index contributed by atoms with van der Waals surface area (Å²) in [6.07, 6.45) is 0. The Morgan fingerprint density at radius 1 is 1.11 bits per heavy atom. The van der Waals surface area contributed by atoms with Gasteiger partial charge in [0.05, 0.1) is 0 Å². The summed E-state index contributed by atoms with van der Waals surface area (Å²) in [5, 5.41) is 8.43. The second-order valence-corrected chi connectivity index (χ2v) is 6.59. The first-order valence-electron chi connectivity index (χ1n) is 8.48. The van der Waals surface area contributed by atoms with Crippen molar-refractivity contribution < 1.29 is 18.7 Å². The summed E-state index contributed by atoms with van der Waals surface area (Å²) < 4.78 is 16.2. The average molecular weight is 387 g/mol. The van der Waals surface area contributed by atoms with E-state index < -0.39 is 5.97 Å². The lowest BCUT2D eigenvalue weighted by molar-refractivity contribution is -0.148. The van der Waals surface area contributed by atoms with Crippen molar-refractivity contribution in [2.75, 3.05) is 6.61 Å². The fourth-order valence-corrected chi connectivity index (χ4v) is 2.56. The van der Waals surface area contributed by atoms with Gasteiger partial charge in [0.2, 0.25) is 5.89 Å². The van der Waals surface area contributed by atoms with Crippen LogP contribution in [0.4, 0.5) is 0 Å². The lowest BCUT2D eigenvalue weighted by Crippen LogP contribution is -2.15. The van der Waals surface area contributed by atoms with Crippen LogP contribution in [0.1, 0.15) is 31.2 Å². The Morgan fingerprint density at radius 3 is 2.59 bits per heavy atom. The first-order chi connectivity index (χ1) is 13.0. The fraction of sp³-hybridized carbons (Fsp3) is 0.250. The molecule has 2 aromatic carbocycles. The van der Waals surface area contributed by atoms with Gasteiger partial charge in [-0.25, -0.2) is 4.79 Å². The van der Waals surface area contributed by atoms with E-state index in [1.165, 1.54) is 0 Å². The highest BCUT2D eigenvalue weighted by Crippen LogP contribution is 2.25. The smallest absolute Gasteiger partial charge is 0.344 e. The molecule has 0 aliphatic carbocycles. The molecule has 0 saturated carbocycles. The van der Waals surface area contributed by atoms with E-state index in [-0.39, 0.29) is 19.1 Å². The lowest BCUT2D eigenvalue weighted by atomic mass is 10.0. The maximum Gasteiger partial charge on any atom is 0.344 e. The summed E-state index contributed by atoms with van der Waals surface area (Å²) in [4.78, 5) is 11.9. The summed E-state index contributed by atoms with van der Waals surface area (Å²) in [6, 6.07) is 14.6. The van der Waals surface area contributed by atoms with Gasteiger partial charge in [-0.3, -0.25) is 0 Å². The van der Waals surface area contributed by atoms with Gasteiger partial charge in [0.1, 0.15) is 5.75 Å². The van der Waals surface area contributed by atoms with Gasteiger partial charge in [-0.05, 0) is 41.8 Å². The third-order valence-electron chi connectivity index (χ3n) is 3.80. The number of para-hydroxylation sites is 1. The molecule has 7 heteroatoms. The second-order valence-electron chi connectivity index (χ2n) is 6.15. The second kappa shape index (κ2) is 8.68. The van der Waals surface area contributed by atoms with Crippen LogP contribution in [0.15, 0.2) is 52.9 Å². The van der Waals surface area contributed by atoms with Crippen molar-refractivity contribution in [3.05, 3.63) is 65.0 Å². The number of ether oxygens (including phenoxy) is 2. The third kappa shape index (κ3) is 5.08. The molecule has 0 fully saturated rings. The van der Waals surface area contributed by atoms with E-state index in [0.29, 0.717) is 22.6 Å². The number of hydrogen-bond donors (Lipinski definition) is 0. The molecule has 140 valence electrons. The minimum absolute atomic E-state index is 0.116. The van der Waals surface area contributed by atoms with Crippen molar-refractivity contribution in [2.24, 2.45) is 0 Å². The van der Waals surface area contributed by atoms with Crippen LogP contribution in [0.3, 0.4) is 0 Å². The zero-order valence-electron chi connectivity index (χ0n) is 15.0. The summed E-state index contributed by atoms with van der Waals surface area (Å²) in [5.41, 5.74) is 1.77. The van der Waals surface area contributed by atoms with E-state index in [2.05, 4.69) is 24.0 Å². The summed E-state index contributed by atoms with van der Waals surface area (Å²) >= 11 is 5.85. The van der Waals surface area contributed by atoms with Crippen LogP contribution in [0, 0.1) is 0 Å². The maximum absolute atomic E-state index is 11.9. The Labute approximate surface area is 162 Å². The molecule has 3 rings (SSSR count). The first kappa shape index (κ1) is 18.9. The Bertz CT molecular complexity index is 906. The summed E-state index contributed by atoms with van der Waals surface area (Å²) in [6.45, 7) is 3.82. The molecule has 27 heavy (non-hydrogen) atoms. The van der Waals surface area contributed by atoms with Crippen LogP contribution >= 0.6 is 11.6 Å². The molecule has 0 spiro atoms. The highest BCUT2D eigenvalue weighted by Gasteiger charge is 2.13. The van der Waals surface area contributed by atoms with E-state index in [1.807, 2.05) is 24.3 Å². The largest absolute Gasteiger partial charge is 0.482 e. The van der Waals surface area contributed by atoms with Crippen molar-refractivity contribution in [3.63, 3.8) is 0 Å². The van der Waals surface area contributed by atoms with Crippen LogP contribution in [0.25, 0.3) is 11.5 Å². The van der Waals surface area contributed by atoms with Crippen LogP contribution in [0.5, 0.6) is 5.75 Å². The minimum Gasteiger partial charge on any atom is -0.482 e. The van der Waals surface area contributed by atoms with Gasteiger partial charge in [-0.15, -0.1) is 10.2 Å². The zero-order chi connectivity index (χ0) is 19.2. The highest BCUT2D eigenvalue weighted by molar-refractivity contribution is 6.30. The Kier molecular flexibility index (Phi) is 6.08. The van der Waals surface area contributed by atoms with E-state index in [0.717, 1.165) is 11.1 Å². The van der Waals surface area contributed by atoms with Crippen molar-refractivity contribution in [2.45, 2.75) is 26.4 Å². The number of carbonyl (C=O) groups is 1. The highest BCUT2D eigenvalue weighted by atomic mass is 35.5. The predicted molar refractivity (Wildman–Crippen MR) is 101 cm³/mol. The van der Waals surface area contributed by atoms with E-state index in [9.17, 15) is 4.79 Å². The molecule has 1 aromatic heterocycles. The lowest BCUT2D eigenvalue weighted by Gasteiger charge is -2.13. The average Bonchev–Trinajstić information content (AvgIpc) is 3.14. The zero-order valence-corrected chi connectivity index (χ0v) is 15.8. The van der Waals surface area contributed by atoms with E-state index in [4.69, 9.17) is 25.5 Å². The van der Waals surface area contributed by atoms with Gasteiger partial charge >= 0.3 is 5.97 Å². The molecule has 3 aromatic rings. The number of benzene rings is 2. The van der Waals surface area contributed by atoms with E-state index in [1.54, 1.807) is 24.3 Å². The molecule has 0 saturated heterocycles. The third-order valence-corrected chi connectivity index (χ3v) is 4.05. The van der Waals surface area contributed by atoms with Crippen LogP contribution < -0.4 is 4.74 Å². The number of hydrogen-bond acceptors (Lipinski definition) is 6. The Hall–Kier alpha value is -2.86. The topological polar surface area (TPSA) is 74.5 Å². The number of carbonyl (C=O) groups excluding carboxylic acids is 1. The Balaban J connectivity index is 1.52. The number of halogens is 1. The standard InChI is InChI=1S/C20H19ClN2O4/c1-13(2)16-5-3-4-6-17(16)25-12-19(24)26-11-18-22-23-20(27-18)14-7-9-15(21)10-8-14/h3-10,13H,11-12H2,1-2H3.